The molecule has 0 radical (unpaired) electrons. The summed E-state index contributed by atoms with van der Waals surface area (Å²) in [6.07, 6.45) is 13.2. The molecule has 0 saturated carbocycles. The van der Waals surface area contributed by atoms with E-state index >= 15 is 0 Å². The zero-order valence-corrected chi connectivity index (χ0v) is 35.6. The van der Waals surface area contributed by atoms with Crippen LogP contribution in [0.2, 0.25) is 0 Å². The van der Waals surface area contributed by atoms with Crippen LogP contribution in [0.4, 0.5) is 34.6 Å². The number of benzene rings is 4. The normalized spacial score (nSPS) is 10.4. The second kappa shape index (κ2) is 26.7. The van der Waals surface area contributed by atoms with Crippen molar-refractivity contribution < 1.29 is 29.6 Å². The number of hydroxylamine groups is 2. The highest BCUT2D eigenvalue weighted by molar-refractivity contribution is 5.94. The summed E-state index contributed by atoms with van der Waals surface area (Å²) in [5.74, 6) is -0.235. The third-order valence-electron chi connectivity index (χ3n) is 9.74. The number of aromatic nitrogens is 4. The van der Waals surface area contributed by atoms with Crippen LogP contribution in [0.25, 0.3) is 0 Å². The molecule has 0 atom stereocenters. The Morgan fingerprint density at radius 1 is 0.406 bits per heavy atom. The summed E-state index contributed by atoms with van der Waals surface area (Å²) in [6.45, 7) is 1.07. The minimum absolute atomic E-state index is 0.220. The van der Waals surface area contributed by atoms with E-state index in [1.807, 2.05) is 131 Å². The van der Waals surface area contributed by atoms with Crippen molar-refractivity contribution in [2.24, 2.45) is 0 Å². The summed E-state index contributed by atoms with van der Waals surface area (Å²) in [5, 5.41) is 22.6. The van der Waals surface area contributed by atoms with Gasteiger partial charge in [-0.15, -0.1) is 0 Å². The topological polar surface area (TPSA) is 215 Å². The number of nitrogens with zero attached hydrogens (tertiary/aromatic N) is 6. The van der Waals surface area contributed by atoms with Crippen LogP contribution in [-0.4, -0.2) is 67.1 Å². The first-order valence-corrected chi connectivity index (χ1v) is 21.2. The number of carbonyl (C=O) groups excluding carboxylic acids is 4. The molecule has 6 aromatic rings. The van der Waals surface area contributed by atoms with Crippen LogP contribution in [0, 0.1) is 0 Å². The van der Waals surface area contributed by atoms with Gasteiger partial charge in [-0.25, -0.2) is 30.9 Å². The van der Waals surface area contributed by atoms with Crippen LogP contribution in [-0.2, 0) is 9.59 Å². The lowest BCUT2D eigenvalue weighted by atomic mass is 10.1. The molecule has 0 bridgehead atoms. The lowest BCUT2D eigenvalue weighted by Crippen LogP contribution is -2.25. The Balaban J connectivity index is 0.000000241. The zero-order valence-electron chi connectivity index (χ0n) is 35.6. The Hall–Kier alpha value is -7.56. The molecule has 0 saturated heterocycles. The molecule has 6 N–H and O–H groups in total. The van der Waals surface area contributed by atoms with E-state index in [4.69, 9.17) is 10.4 Å². The van der Waals surface area contributed by atoms with Crippen molar-refractivity contribution in [2.45, 2.75) is 64.2 Å². The predicted molar refractivity (Wildman–Crippen MR) is 244 cm³/mol. The molecule has 0 aliphatic heterocycles. The summed E-state index contributed by atoms with van der Waals surface area (Å²) in [7, 11) is 0. The largest absolute Gasteiger partial charge is 0.352 e. The molecular formula is C48H54N10O6. The molecule has 16 heteroatoms. The number of hydrogen-bond acceptors (Lipinski definition) is 12. The summed E-state index contributed by atoms with van der Waals surface area (Å²) in [5.41, 5.74) is 7.73. The van der Waals surface area contributed by atoms with Crippen molar-refractivity contribution in [3.63, 3.8) is 0 Å². The average Bonchev–Trinajstić information content (AvgIpc) is 3.35. The fourth-order valence-electron chi connectivity index (χ4n) is 6.42. The molecule has 0 aliphatic carbocycles. The predicted octanol–water partition coefficient (Wildman–Crippen LogP) is 8.26. The van der Waals surface area contributed by atoms with Crippen molar-refractivity contribution in [3.8, 4) is 0 Å². The van der Waals surface area contributed by atoms with E-state index in [2.05, 4.69) is 30.6 Å². The molecule has 0 unspecified atom stereocenters. The Morgan fingerprint density at radius 2 is 0.688 bits per heavy atom. The van der Waals surface area contributed by atoms with Gasteiger partial charge >= 0.3 is 0 Å². The van der Waals surface area contributed by atoms with Gasteiger partial charge in [-0.1, -0.05) is 98.5 Å². The quantitative estimate of drug-likeness (QED) is 0.0216. The van der Waals surface area contributed by atoms with E-state index < -0.39 is 0 Å². The first-order valence-electron chi connectivity index (χ1n) is 21.2. The Morgan fingerprint density at radius 3 is 0.969 bits per heavy atom. The van der Waals surface area contributed by atoms with Crippen LogP contribution in [0.3, 0.4) is 0 Å². The lowest BCUT2D eigenvalue weighted by Gasteiger charge is -2.22. The Labute approximate surface area is 372 Å². The fraction of sp³-hybridized carbons (Fsp3) is 0.250. The Bertz CT molecular complexity index is 2050. The number of carbonyl (C=O) groups is 4. The van der Waals surface area contributed by atoms with Crippen molar-refractivity contribution >= 4 is 58.3 Å². The highest BCUT2D eigenvalue weighted by Gasteiger charge is 2.17. The lowest BCUT2D eigenvalue weighted by molar-refractivity contribution is -0.130. The van der Waals surface area contributed by atoms with E-state index in [0.717, 1.165) is 61.3 Å². The maximum absolute atomic E-state index is 12.4. The van der Waals surface area contributed by atoms with Crippen LogP contribution in [0.1, 0.15) is 84.9 Å². The van der Waals surface area contributed by atoms with Gasteiger partial charge in [0.2, 0.25) is 23.7 Å². The number of hydrogen-bond donors (Lipinski definition) is 6. The molecule has 0 aliphatic rings. The fourth-order valence-corrected chi connectivity index (χ4v) is 6.42. The molecule has 64 heavy (non-hydrogen) atoms. The van der Waals surface area contributed by atoms with Gasteiger partial charge in [0.05, 0.1) is 11.1 Å². The number of unbranched alkanes of at least 4 members (excludes halogenated alkanes) is 6. The maximum Gasteiger partial charge on any atom is 0.254 e. The molecule has 4 amide bonds. The minimum atomic E-state index is -0.375. The number of para-hydroxylation sites is 4. The molecule has 0 spiro atoms. The van der Waals surface area contributed by atoms with Gasteiger partial charge in [0, 0.05) is 73.5 Å². The van der Waals surface area contributed by atoms with Gasteiger partial charge in [0.1, 0.15) is 0 Å². The standard InChI is InChI=1S/2C24H27N5O3/c2*30-22(28-32)15-9-1-2-10-16-25-23(31)19-17-26-24(27-18-19)29(20-11-5-3-6-12-20)21-13-7-4-8-14-21/h2*3-8,11-14,17-18,32H,1-2,9-10,15-16H2,(H,25,31)(H,28,30). The van der Waals surface area contributed by atoms with Crippen LogP contribution >= 0.6 is 0 Å². The summed E-state index contributed by atoms with van der Waals surface area (Å²) >= 11 is 0. The highest BCUT2D eigenvalue weighted by Crippen LogP contribution is 2.32. The summed E-state index contributed by atoms with van der Waals surface area (Å²) in [4.78, 5) is 68.3. The Kier molecular flexibility index (Phi) is 19.8. The van der Waals surface area contributed by atoms with Gasteiger partial charge in [-0.05, 0) is 74.2 Å². The molecule has 332 valence electrons. The number of anilines is 6. The highest BCUT2D eigenvalue weighted by atomic mass is 16.5. The van der Waals surface area contributed by atoms with Gasteiger partial charge < -0.3 is 10.6 Å². The smallest absolute Gasteiger partial charge is 0.254 e. The summed E-state index contributed by atoms with van der Waals surface area (Å²) in [6, 6.07) is 39.3. The zero-order chi connectivity index (χ0) is 45.2. The van der Waals surface area contributed by atoms with Crippen molar-refractivity contribution in [3.05, 3.63) is 157 Å². The van der Waals surface area contributed by atoms with Crippen LogP contribution in [0.15, 0.2) is 146 Å². The molecular weight excluding hydrogens is 813 g/mol. The van der Waals surface area contributed by atoms with E-state index in [1.54, 1.807) is 11.0 Å². The molecule has 0 fully saturated rings. The third kappa shape index (κ3) is 15.4. The summed E-state index contributed by atoms with van der Waals surface area (Å²) < 4.78 is 0. The van der Waals surface area contributed by atoms with Gasteiger partial charge in [-0.2, -0.15) is 0 Å². The van der Waals surface area contributed by atoms with Gasteiger partial charge in [-0.3, -0.25) is 39.4 Å². The molecule has 2 heterocycles. The van der Waals surface area contributed by atoms with E-state index in [9.17, 15) is 19.2 Å². The van der Waals surface area contributed by atoms with Crippen molar-refractivity contribution in [2.75, 3.05) is 22.9 Å². The van der Waals surface area contributed by atoms with E-state index in [0.29, 0.717) is 61.8 Å². The maximum atomic E-state index is 12.4. The average molecular weight is 867 g/mol. The van der Waals surface area contributed by atoms with Gasteiger partial charge in [0.15, 0.2) is 0 Å². The molecule has 4 aromatic carbocycles. The SMILES string of the molecule is O=C(CCCCCCNC(=O)c1cnc(N(c2ccccc2)c2ccccc2)nc1)NO.O=C(CCCCCCNC(=O)c1cnc(N(c2ccccc2)c2ccccc2)nc1)NO. The molecule has 2 aromatic heterocycles. The second-order valence-electron chi connectivity index (χ2n) is 14.5. The molecule has 16 nitrogen and oxygen atoms in total. The first-order chi connectivity index (χ1) is 31.4. The second-order valence-corrected chi connectivity index (χ2v) is 14.5. The minimum Gasteiger partial charge on any atom is -0.352 e. The van der Waals surface area contributed by atoms with E-state index in [1.165, 1.54) is 24.8 Å². The first kappa shape index (κ1) is 47.5. The van der Waals surface area contributed by atoms with Crippen molar-refractivity contribution in [1.29, 1.82) is 0 Å². The molecule has 6 rings (SSSR count). The number of nitrogens with one attached hydrogen (secondary N) is 4. The monoisotopic (exact) mass is 866 g/mol. The third-order valence-corrected chi connectivity index (χ3v) is 9.74. The number of amides is 4. The van der Waals surface area contributed by atoms with E-state index in [-0.39, 0.29) is 23.6 Å². The van der Waals surface area contributed by atoms with Gasteiger partial charge in [0.25, 0.3) is 11.8 Å². The number of rotatable bonds is 22. The van der Waals surface area contributed by atoms with Crippen molar-refractivity contribution in [1.82, 2.24) is 41.5 Å². The van der Waals surface area contributed by atoms with Crippen LogP contribution in [0.5, 0.6) is 0 Å². The van der Waals surface area contributed by atoms with Crippen LogP contribution < -0.4 is 31.4 Å².